The summed E-state index contributed by atoms with van der Waals surface area (Å²) in [6.45, 7) is 7.04. The van der Waals surface area contributed by atoms with E-state index in [4.69, 9.17) is 4.74 Å². The number of nitrogens with zero attached hydrogens (tertiary/aromatic N) is 3. The van der Waals surface area contributed by atoms with Crippen LogP contribution in [0.25, 0.3) is 0 Å². The zero-order chi connectivity index (χ0) is 14.4. The van der Waals surface area contributed by atoms with Crippen LogP contribution >= 0.6 is 0 Å². The average Bonchev–Trinajstić information content (AvgIpc) is 3.07. The van der Waals surface area contributed by atoms with Crippen LogP contribution in [-0.4, -0.2) is 53.8 Å². The standard InChI is InChI=1S/C15H28N4O/c1-4-6-16-14(13-5-9-20-12-13)10-18(2)11-15-17-7-8-19(15)3/h7-8,13-14,16H,4-6,9-12H2,1-3H3. The first-order valence-corrected chi connectivity index (χ1v) is 7.66. The second-order valence-corrected chi connectivity index (χ2v) is 5.84. The van der Waals surface area contributed by atoms with E-state index in [2.05, 4.69) is 33.7 Å². The molecule has 1 N–H and O–H groups in total. The molecule has 1 aromatic rings. The van der Waals surface area contributed by atoms with Crippen molar-refractivity contribution in [2.24, 2.45) is 13.0 Å². The van der Waals surface area contributed by atoms with Crippen LogP contribution in [-0.2, 0) is 18.3 Å². The number of hydrogen-bond donors (Lipinski definition) is 1. The van der Waals surface area contributed by atoms with E-state index in [9.17, 15) is 0 Å². The van der Waals surface area contributed by atoms with Gasteiger partial charge in [0.05, 0.1) is 13.2 Å². The molecule has 1 fully saturated rings. The van der Waals surface area contributed by atoms with Crippen LogP contribution in [0, 0.1) is 5.92 Å². The highest BCUT2D eigenvalue weighted by molar-refractivity contribution is 4.91. The monoisotopic (exact) mass is 280 g/mol. The van der Waals surface area contributed by atoms with Crippen LogP contribution in [0.4, 0.5) is 0 Å². The topological polar surface area (TPSA) is 42.3 Å². The number of imidazole rings is 1. The Hall–Kier alpha value is -0.910. The van der Waals surface area contributed by atoms with Gasteiger partial charge in [-0.1, -0.05) is 6.92 Å². The Bertz CT molecular complexity index is 387. The summed E-state index contributed by atoms with van der Waals surface area (Å²) in [6.07, 6.45) is 6.21. The second kappa shape index (κ2) is 7.76. The van der Waals surface area contributed by atoms with Crippen molar-refractivity contribution in [2.75, 3.05) is 33.4 Å². The molecule has 1 aliphatic rings. The lowest BCUT2D eigenvalue weighted by atomic mass is 9.98. The maximum atomic E-state index is 5.55. The van der Waals surface area contributed by atoms with E-state index in [1.54, 1.807) is 0 Å². The zero-order valence-corrected chi connectivity index (χ0v) is 13.0. The number of ether oxygens (including phenoxy) is 1. The van der Waals surface area contributed by atoms with E-state index in [-0.39, 0.29) is 0 Å². The van der Waals surface area contributed by atoms with Gasteiger partial charge >= 0.3 is 0 Å². The second-order valence-electron chi connectivity index (χ2n) is 5.84. The molecule has 0 aliphatic carbocycles. The number of hydrogen-bond acceptors (Lipinski definition) is 4. The molecule has 2 heterocycles. The van der Waals surface area contributed by atoms with Gasteiger partial charge in [-0.2, -0.15) is 0 Å². The van der Waals surface area contributed by atoms with Gasteiger partial charge in [0.1, 0.15) is 5.82 Å². The predicted octanol–water partition coefficient (Wildman–Crippen LogP) is 1.26. The van der Waals surface area contributed by atoms with E-state index >= 15 is 0 Å². The molecule has 0 aromatic carbocycles. The lowest BCUT2D eigenvalue weighted by Gasteiger charge is -2.28. The Labute approximate surface area is 122 Å². The first-order chi connectivity index (χ1) is 9.70. The molecule has 2 unspecified atom stereocenters. The van der Waals surface area contributed by atoms with Crippen molar-refractivity contribution in [3.05, 3.63) is 18.2 Å². The van der Waals surface area contributed by atoms with E-state index in [1.807, 2.05) is 19.4 Å². The predicted molar refractivity (Wildman–Crippen MR) is 80.5 cm³/mol. The van der Waals surface area contributed by atoms with Gasteiger partial charge in [0.25, 0.3) is 0 Å². The minimum Gasteiger partial charge on any atom is -0.381 e. The lowest BCUT2D eigenvalue weighted by molar-refractivity contribution is 0.165. The van der Waals surface area contributed by atoms with Gasteiger partial charge in [0, 0.05) is 44.6 Å². The molecule has 1 aromatic heterocycles. The van der Waals surface area contributed by atoms with Crippen LogP contribution < -0.4 is 5.32 Å². The van der Waals surface area contributed by atoms with Crippen molar-refractivity contribution >= 4 is 0 Å². The van der Waals surface area contributed by atoms with E-state index in [0.29, 0.717) is 12.0 Å². The van der Waals surface area contributed by atoms with Gasteiger partial charge in [-0.15, -0.1) is 0 Å². The third-order valence-corrected chi connectivity index (χ3v) is 4.03. The minimum absolute atomic E-state index is 0.516. The summed E-state index contributed by atoms with van der Waals surface area (Å²) >= 11 is 0. The van der Waals surface area contributed by atoms with Crippen LogP contribution in [0.15, 0.2) is 12.4 Å². The summed E-state index contributed by atoms with van der Waals surface area (Å²) in [5.41, 5.74) is 0. The van der Waals surface area contributed by atoms with Gasteiger partial charge in [-0.05, 0) is 26.4 Å². The van der Waals surface area contributed by atoms with E-state index < -0.39 is 0 Å². The van der Waals surface area contributed by atoms with Gasteiger partial charge < -0.3 is 14.6 Å². The molecule has 20 heavy (non-hydrogen) atoms. The molecule has 2 atom stereocenters. The minimum atomic E-state index is 0.516. The molecule has 2 rings (SSSR count). The number of aromatic nitrogens is 2. The smallest absolute Gasteiger partial charge is 0.122 e. The Morgan fingerprint density at radius 2 is 2.45 bits per heavy atom. The van der Waals surface area contributed by atoms with Crippen molar-refractivity contribution in [2.45, 2.75) is 32.4 Å². The Kier molecular flexibility index (Phi) is 6.01. The van der Waals surface area contributed by atoms with Crippen LogP contribution in [0.1, 0.15) is 25.6 Å². The molecule has 1 aliphatic heterocycles. The molecule has 0 bridgehead atoms. The summed E-state index contributed by atoms with van der Waals surface area (Å²) in [7, 11) is 4.22. The maximum absolute atomic E-state index is 5.55. The third-order valence-electron chi connectivity index (χ3n) is 4.03. The van der Waals surface area contributed by atoms with Gasteiger partial charge in [-0.3, -0.25) is 4.90 Å². The van der Waals surface area contributed by atoms with Crippen LogP contribution in [0.5, 0.6) is 0 Å². The summed E-state index contributed by atoms with van der Waals surface area (Å²) in [6, 6.07) is 0.516. The number of nitrogens with one attached hydrogen (secondary N) is 1. The molecule has 114 valence electrons. The fourth-order valence-electron chi connectivity index (χ4n) is 2.77. The lowest BCUT2D eigenvalue weighted by Crippen LogP contribution is -2.45. The molecule has 5 heteroatoms. The van der Waals surface area contributed by atoms with Crippen molar-refractivity contribution < 1.29 is 4.74 Å². The van der Waals surface area contributed by atoms with Crippen LogP contribution in [0.3, 0.4) is 0 Å². The summed E-state index contributed by atoms with van der Waals surface area (Å²) in [5.74, 6) is 1.76. The summed E-state index contributed by atoms with van der Waals surface area (Å²) < 4.78 is 7.64. The van der Waals surface area contributed by atoms with Crippen molar-refractivity contribution in [3.63, 3.8) is 0 Å². The molecule has 0 saturated carbocycles. The first kappa shape index (κ1) is 15.5. The van der Waals surface area contributed by atoms with Crippen molar-refractivity contribution in [1.29, 1.82) is 0 Å². The fraction of sp³-hybridized carbons (Fsp3) is 0.800. The molecule has 0 amide bonds. The summed E-state index contributed by atoms with van der Waals surface area (Å²) in [5, 5.41) is 3.69. The van der Waals surface area contributed by atoms with Gasteiger partial charge in [-0.25, -0.2) is 4.98 Å². The third kappa shape index (κ3) is 4.30. The van der Waals surface area contributed by atoms with E-state index in [1.165, 1.54) is 12.8 Å². The first-order valence-electron chi connectivity index (χ1n) is 7.66. The molecule has 0 spiro atoms. The molecule has 5 nitrogen and oxygen atoms in total. The molecular formula is C15H28N4O. The number of rotatable bonds is 8. The molecular weight excluding hydrogens is 252 g/mol. The van der Waals surface area contributed by atoms with Gasteiger partial charge in [0.15, 0.2) is 0 Å². The quantitative estimate of drug-likeness (QED) is 0.778. The van der Waals surface area contributed by atoms with Crippen molar-refractivity contribution in [1.82, 2.24) is 19.8 Å². The zero-order valence-electron chi connectivity index (χ0n) is 13.0. The van der Waals surface area contributed by atoms with E-state index in [0.717, 1.165) is 38.7 Å². The fourth-order valence-corrected chi connectivity index (χ4v) is 2.77. The highest BCUT2D eigenvalue weighted by Crippen LogP contribution is 2.18. The SMILES string of the molecule is CCCNC(CN(C)Cc1nccn1C)C1CCOC1. The number of aryl methyl sites for hydroxylation is 1. The number of likely N-dealkylation sites (N-methyl/N-ethyl adjacent to an activating group) is 1. The highest BCUT2D eigenvalue weighted by atomic mass is 16.5. The van der Waals surface area contributed by atoms with Gasteiger partial charge in [0.2, 0.25) is 0 Å². The largest absolute Gasteiger partial charge is 0.381 e. The summed E-state index contributed by atoms with van der Waals surface area (Å²) in [4.78, 5) is 6.75. The molecule has 1 saturated heterocycles. The Balaban J connectivity index is 1.87. The Morgan fingerprint density at radius 3 is 3.05 bits per heavy atom. The maximum Gasteiger partial charge on any atom is 0.122 e. The van der Waals surface area contributed by atoms with Crippen molar-refractivity contribution in [3.8, 4) is 0 Å². The van der Waals surface area contributed by atoms with Crippen LogP contribution in [0.2, 0.25) is 0 Å². The Morgan fingerprint density at radius 1 is 1.60 bits per heavy atom. The normalized spacial score (nSPS) is 20.7. The molecule has 0 radical (unpaired) electrons. The highest BCUT2D eigenvalue weighted by Gasteiger charge is 2.26. The average molecular weight is 280 g/mol.